The van der Waals surface area contributed by atoms with Crippen molar-refractivity contribution in [2.24, 2.45) is 0 Å². The third-order valence-corrected chi connectivity index (χ3v) is 4.28. The van der Waals surface area contributed by atoms with Crippen molar-refractivity contribution in [2.75, 3.05) is 12.4 Å². The maximum Gasteiger partial charge on any atom is 0.323 e. The van der Waals surface area contributed by atoms with Gasteiger partial charge < -0.3 is 20.0 Å². The molecule has 0 fully saturated rings. The van der Waals surface area contributed by atoms with Gasteiger partial charge in [-0.1, -0.05) is 18.2 Å². The summed E-state index contributed by atoms with van der Waals surface area (Å²) >= 11 is 0. The van der Waals surface area contributed by atoms with Crippen LogP contribution in [-0.2, 0) is 4.79 Å². The number of aromatic amines is 2. The second-order valence-electron chi connectivity index (χ2n) is 6.13. The number of hydrogen-bond donors (Lipinski definition) is 3. The van der Waals surface area contributed by atoms with Gasteiger partial charge in [-0.3, -0.25) is 4.79 Å². The van der Waals surface area contributed by atoms with E-state index in [1.165, 1.54) is 6.08 Å². The number of fused-ring (bicyclic) bond motifs is 2. The van der Waals surface area contributed by atoms with Gasteiger partial charge in [-0.25, -0.2) is 4.79 Å². The summed E-state index contributed by atoms with van der Waals surface area (Å²) in [5.74, 6) is 0.563. The van der Waals surface area contributed by atoms with Gasteiger partial charge >= 0.3 is 5.69 Å². The SMILES string of the molecule is COc1ccc2cc(C=CC(=O)Nc3ccc4[nH]c(=O)[nH]c4c3)ccc2c1. The largest absolute Gasteiger partial charge is 0.497 e. The van der Waals surface area contributed by atoms with Crippen molar-refractivity contribution in [3.05, 3.63) is 76.7 Å². The molecule has 27 heavy (non-hydrogen) atoms. The monoisotopic (exact) mass is 359 g/mol. The molecular formula is C21H17N3O3. The lowest BCUT2D eigenvalue weighted by Crippen LogP contribution is -2.07. The fourth-order valence-electron chi connectivity index (χ4n) is 2.94. The summed E-state index contributed by atoms with van der Waals surface area (Å²) in [6, 6.07) is 17.0. The Kier molecular flexibility index (Phi) is 4.22. The predicted octanol–water partition coefficient (Wildman–Crippen LogP) is 3.67. The zero-order chi connectivity index (χ0) is 18.8. The number of aromatic nitrogens is 2. The van der Waals surface area contributed by atoms with E-state index in [0.29, 0.717) is 16.7 Å². The first-order valence-corrected chi connectivity index (χ1v) is 8.40. The molecule has 3 N–H and O–H groups in total. The molecule has 4 rings (SSSR count). The van der Waals surface area contributed by atoms with Crippen molar-refractivity contribution < 1.29 is 9.53 Å². The van der Waals surface area contributed by atoms with Crippen LogP contribution in [0.1, 0.15) is 5.56 Å². The predicted molar refractivity (Wildman–Crippen MR) is 107 cm³/mol. The lowest BCUT2D eigenvalue weighted by molar-refractivity contribution is -0.111. The highest BCUT2D eigenvalue weighted by Crippen LogP contribution is 2.22. The number of hydrogen-bond acceptors (Lipinski definition) is 3. The van der Waals surface area contributed by atoms with Crippen LogP contribution < -0.4 is 15.7 Å². The summed E-state index contributed by atoms with van der Waals surface area (Å²) in [4.78, 5) is 28.8. The van der Waals surface area contributed by atoms with Gasteiger partial charge in [-0.2, -0.15) is 0 Å². The molecule has 0 atom stereocenters. The van der Waals surface area contributed by atoms with Crippen LogP contribution in [-0.4, -0.2) is 23.0 Å². The summed E-state index contributed by atoms with van der Waals surface area (Å²) in [6.45, 7) is 0. The highest BCUT2D eigenvalue weighted by Gasteiger charge is 2.03. The number of carbonyl (C=O) groups excluding carboxylic acids is 1. The minimum Gasteiger partial charge on any atom is -0.497 e. The summed E-state index contributed by atoms with van der Waals surface area (Å²) in [6.07, 6.45) is 3.24. The Morgan fingerprint density at radius 3 is 2.59 bits per heavy atom. The summed E-state index contributed by atoms with van der Waals surface area (Å²) in [7, 11) is 1.64. The Morgan fingerprint density at radius 1 is 0.963 bits per heavy atom. The molecule has 0 aliphatic carbocycles. The number of anilines is 1. The molecular weight excluding hydrogens is 342 g/mol. The van der Waals surface area contributed by atoms with Gasteiger partial charge in [-0.15, -0.1) is 0 Å². The van der Waals surface area contributed by atoms with E-state index in [2.05, 4.69) is 15.3 Å². The maximum absolute atomic E-state index is 12.2. The lowest BCUT2D eigenvalue weighted by Gasteiger charge is -2.04. The first kappa shape index (κ1) is 16.7. The first-order valence-electron chi connectivity index (χ1n) is 8.40. The van der Waals surface area contributed by atoms with Gasteiger partial charge in [0, 0.05) is 11.8 Å². The summed E-state index contributed by atoms with van der Waals surface area (Å²) in [5.41, 5.74) is 2.60. The van der Waals surface area contributed by atoms with Crippen LogP contribution in [0.3, 0.4) is 0 Å². The molecule has 1 heterocycles. The van der Waals surface area contributed by atoms with Gasteiger partial charge in [-0.05, 0) is 58.8 Å². The molecule has 0 spiro atoms. The maximum atomic E-state index is 12.2. The minimum absolute atomic E-state index is 0.248. The zero-order valence-electron chi connectivity index (χ0n) is 14.6. The van der Waals surface area contributed by atoms with Crippen molar-refractivity contribution in [3.8, 4) is 5.75 Å². The molecule has 0 radical (unpaired) electrons. The van der Waals surface area contributed by atoms with Crippen LogP contribution in [0.25, 0.3) is 27.9 Å². The Morgan fingerprint density at radius 2 is 1.74 bits per heavy atom. The topological polar surface area (TPSA) is 87.0 Å². The van der Waals surface area contributed by atoms with E-state index in [9.17, 15) is 9.59 Å². The lowest BCUT2D eigenvalue weighted by atomic mass is 10.1. The molecule has 1 amide bonds. The van der Waals surface area contributed by atoms with Gasteiger partial charge in [0.25, 0.3) is 0 Å². The molecule has 0 unspecified atom stereocenters. The zero-order valence-corrected chi connectivity index (χ0v) is 14.6. The molecule has 0 saturated heterocycles. The molecule has 6 heteroatoms. The van der Waals surface area contributed by atoms with Crippen LogP contribution in [0.4, 0.5) is 5.69 Å². The average Bonchev–Trinajstić information content (AvgIpc) is 3.05. The Labute approximate surface area is 154 Å². The average molecular weight is 359 g/mol. The molecule has 6 nitrogen and oxygen atoms in total. The van der Waals surface area contributed by atoms with Crippen LogP contribution in [0.5, 0.6) is 5.75 Å². The van der Waals surface area contributed by atoms with E-state index < -0.39 is 0 Å². The van der Waals surface area contributed by atoms with Crippen molar-refractivity contribution in [3.63, 3.8) is 0 Å². The number of imidazole rings is 1. The van der Waals surface area contributed by atoms with Crippen molar-refractivity contribution in [2.45, 2.75) is 0 Å². The van der Waals surface area contributed by atoms with Gasteiger partial charge in [0.15, 0.2) is 0 Å². The quantitative estimate of drug-likeness (QED) is 0.486. The third-order valence-electron chi connectivity index (χ3n) is 4.28. The first-order chi connectivity index (χ1) is 13.1. The van der Waals surface area contributed by atoms with Crippen molar-refractivity contribution >= 4 is 39.5 Å². The number of nitrogens with one attached hydrogen (secondary N) is 3. The van der Waals surface area contributed by atoms with E-state index >= 15 is 0 Å². The smallest absolute Gasteiger partial charge is 0.323 e. The molecule has 1 aromatic heterocycles. The van der Waals surface area contributed by atoms with Crippen molar-refractivity contribution in [1.29, 1.82) is 0 Å². The van der Waals surface area contributed by atoms with Gasteiger partial charge in [0.05, 0.1) is 18.1 Å². The molecule has 4 aromatic rings. The Balaban J connectivity index is 1.50. The number of benzene rings is 3. The van der Waals surface area contributed by atoms with Crippen LogP contribution in [0.15, 0.2) is 65.5 Å². The van der Waals surface area contributed by atoms with E-state index in [1.807, 2.05) is 36.4 Å². The molecule has 134 valence electrons. The molecule has 0 bridgehead atoms. The number of amides is 1. The normalized spacial score (nSPS) is 11.3. The molecule has 0 aliphatic heterocycles. The Bertz CT molecular complexity index is 1230. The standard InChI is InChI=1S/C21H17N3O3/c1-27-17-7-5-14-10-13(2-4-15(14)11-17)3-9-20(25)22-16-6-8-18-19(12-16)24-21(26)23-18/h2-12H,1H3,(H,22,25)(H2,23,24,26). The molecule has 3 aromatic carbocycles. The fraction of sp³-hybridized carbons (Fsp3) is 0.0476. The number of ether oxygens (including phenoxy) is 1. The van der Waals surface area contributed by atoms with Gasteiger partial charge in [0.1, 0.15) is 5.75 Å². The number of rotatable bonds is 4. The number of H-pyrrole nitrogens is 2. The number of methoxy groups -OCH3 is 1. The fourth-order valence-corrected chi connectivity index (χ4v) is 2.94. The van der Waals surface area contributed by atoms with E-state index in [0.717, 1.165) is 22.1 Å². The number of carbonyl (C=O) groups is 1. The van der Waals surface area contributed by atoms with E-state index in [-0.39, 0.29) is 11.6 Å². The second-order valence-corrected chi connectivity index (χ2v) is 6.13. The summed E-state index contributed by atoms with van der Waals surface area (Å²) in [5, 5.41) is 4.93. The minimum atomic E-state index is -0.276. The van der Waals surface area contributed by atoms with Crippen LogP contribution in [0.2, 0.25) is 0 Å². The van der Waals surface area contributed by atoms with Crippen LogP contribution in [0, 0.1) is 0 Å². The van der Waals surface area contributed by atoms with Crippen LogP contribution >= 0.6 is 0 Å². The van der Waals surface area contributed by atoms with E-state index in [1.54, 1.807) is 31.4 Å². The molecule has 0 aliphatic rings. The van der Waals surface area contributed by atoms with Crippen molar-refractivity contribution in [1.82, 2.24) is 9.97 Å². The summed E-state index contributed by atoms with van der Waals surface area (Å²) < 4.78 is 5.23. The highest BCUT2D eigenvalue weighted by atomic mass is 16.5. The highest BCUT2D eigenvalue weighted by molar-refractivity contribution is 6.03. The van der Waals surface area contributed by atoms with Gasteiger partial charge in [0.2, 0.25) is 5.91 Å². The molecule has 0 saturated carbocycles. The van der Waals surface area contributed by atoms with E-state index in [4.69, 9.17) is 4.74 Å². The Hall–Kier alpha value is -3.80. The third kappa shape index (κ3) is 3.59. The second kappa shape index (κ2) is 6.84.